The molecule has 0 unspecified atom stereocenters. The van der Waals surface area contributed by atoms with Crippen molar-refractivity contribution in [3.63, 3.8) is 0 Å². The lowest BCUT2D eigenvalue weighted by Gasteiger charge is -2.29. The van der Waals surface area contributed by atoms with Crippen molar-refractivity contribution in [3.8, 4) is 5.75 Å². The highest BCUT2D eigenvalue weighted by atomic mass is 19.1. The van der Waals surface area contributed by atoms with Crippen LogP contribution in [0.2, 0.25) is 0 Å². The van der Waals surface area contributed by atoms with Crippen LogP contribution in [-0.2, 0) is 6.61 Å². The lowest BCUT2D eigenvalue weighted by molar-refractivity contribution is 0.0678. The minimum Gasteiger partial charge on any atom is -0.486 e. The number of halogens is 1. The van der Waals surface area contributed by atoms with Crippen LogP contribution in [-0.4, -0.2) is 29.9 Å². The van der Waals surface area contributed by atoms with E-state index in [1.807, 2.05) is 0 Å². The average Bonchev–Trinajstić information content (AvgIpc) is 3.03. The van der Waals surface area contributed by atoms with Crippen molar-refractivity contribution < 1.29 is 18.3 Å². The van der Waals surface area contributed by atoms with Gasteiger partial charge in [0.15, 0.2) is 5.76 Å². The van der Waals surface area contributed by atoms with E-state index < -0.39 is 0 Å². The topological polar surface area (TPSA) is 68.7 Å². The third kappa shape index (κ3) is 3.90. The summed E-state index contributed by atoms with van der Waals surface area (Å²) in [7, 11) is 0. The lowest BCUT2D eigenvalue weighted by atomic mass is 10.1. The zero-order chi connectivity index (χ0) is 16.2. The molecule has 1 aliphatic heterocycles. The van der Waals surface area contributed by atoms with Gasteiger partial charge in [-0.1, -0.05) is 0 Å². The summed E-state index contributed by atoms with van der Waals surface area (Å²) in [5.74, 6) is 0.958. The molecular formula is C17H19FN2O3. The van der Waals surface area contributed by atoms with Gasteiger partial charge in [0.25, 0.3) is 5.91 Å². The molecule has 1 aromatic carbocycles. The third-order valence-electron chi connectivity index (χ3n) is 3.89. The molecule has 23 heavy (non-hydrogen) atoms. The van der Waals surface area contributed by atoms with Gasteiger partial charge in [0.2, 0.25) is 0 Å². The number of carbonyl (C=O) groups is 1. The first-order valence-corrected chi connectivity index (χ1v) is 7.64. The number of ether oxygens (including phenoxy) is 1. The van der Waals surface area contributed by atoms with Crippen molar-refractivity contribution in [1.82, 2.24) is 4.90 Å². The summed E-state index contributed by atoms with van der Waals surface area (Å²) >= 11 is 0. The summed E-state index contributed by atoms with van der Waals surface area (Å²) in [6, 6.07) is 9.28. The summed E-state index contributed by atoms with van der Waals surface area (Å²) < 4.78 is 23.9. The first kappa shape index (κ1) is 15.6. The van der Waals surface area contributed by atoms with Crippen LogP contribution < -0.4 is 10.5 Å². The van der Waals surface area contributed by atoms with Crippen molar-refractivity contribution in [3.05, 3.63) is 53.7 Å². The van der Waals surface area contributed by atoms with Gasteiger partial charge in [0.1, 0.15) is 23.9 Å². The number of nitrogens with zero attached hydrogens (tertiary/aromatic N) is 1. The fourth-order valence-corrected chi connectivity index (χ4v) is 2.51. The van der Waals surface area contributed by atoms with E-state index in [-0.39, 0.29) is 24.4 Å². The normalized spacial score (nSPS) is 15.7. The Balaban J connectivity index is 1.57. The maximum atomic E-state index is 12.8. The number of hydrogen-bond donors (Lipinski definition) is 1. The molecule has 0 aliphatic carbocycles. The molecule has 1 aromatic heterocycles. The summed E-state index contributed by atoms with van der Waals surface area (Å²) in [6.07, 6.45) is 1.62. The van der Waals surface area contributed by atoms with Crippen LogP contribution in [0.5, 0.6) is 5.75 Å². The Labute approximate surface area is 133 Å². The molecule has 1 saturated heterocycles. The maximum absolute atomic E-state index is 12.8. The Kier molecular flexibility index (Phi) is 4.62. The minimum atomic E-state index is -0.315. The van der Waals surface area contributed by atoms with Gasteiger partial charge in [-0.05, 0) is 49.2 Å². The Hall–Kier alpha value is -2.34. The van der Waals surface area contributed by atoms with Gasteiger partial charge in [-0.3, -0.25) is 4.79 Å². The summed E-state index contributed by atoms with van der Waals surface area (Å²) in [4.78, 5) is 14.1. The van der Waals surface area contributed by atoms with Crippen molar-refractivity contribution in [2.45, 2.75) is 25.5 Å². The molecule has 3 rings (SSSR count). The molecule has 6 heteroatoms. The smallest absolute Gasteiger partial charge is 0.289 e. The molecule has 122 valence electrons. The van der Waals surface area contributed by atoms with Crippen LogP contribution in [0.3, 0.4) is 0 Å². The second-order valence-electron chi connectivity index (χ2n) is 5.64. The van der Waals surface area contributed by atoms with Crippen molar-refractivity contribution in [2.24, 2.45) is 5.73 Å². The molecule has 1 fully saturated rings. The molecular weight excluding hydrogens is 299 g/mol. The maximum Gasteiger partial charge on any atom is 0.289 e. The van der Waals surface area contributed by atoms with E-state index in [0.29, 0.717) is 30.4 Å². The third-order valence-corrected chi connectivity index (χ3v) is 3.89. The van der Waals surface area contributed by atoms with Crippen LogP contribution in [0.25, 0.3) is 0 Å². The number of piperidine rings is 1. The van der Waals surface area contributed by atoms with Crippen LogP contribution in [0.1, 0.15) is 29.2 Å². The van der Waals surface area contributed by atoms with Crippen LogP contribution >= 0.6 is 0 Å². The van der Waals surface area contributed by atoms with Crippen LogP contribution in [0, 0.1) is 5.82 Å². The number of hydrogen-bond acceptors (Lipinski definition) is 4. The van der Waals surface area contributed by atoms with Gasteiger partial charge >= 0.3 is 0 Å². The minimum absolute atomic E-state index is 0.120. The molecule has 5 nitrogen and oxygen atoms in total. The number of nitrogens with two attached hydrogens (primary N) is 1. The Morgan fingerprint density at radius 3 is 2.61 bits per heavy atom. The molecule has 0 bridgehead atoms. The van der Waals surface area contributed by atoms with Crippen molar-refractivity contribution in [1.29, 1.82) is 0 Å². The Bertz CT molecular complexity index is 661. The molecule has 2 aromatic rings. The van der Waals surface area contributed by atoms with Crippen molar-refractivity contribution >= 4 is 5.91 Å². The summed E-state index contributed by atoms with van der Waals surface area (Å²) in [6.45, 7) is 1.49. The predicted molar refractivity (Wildman–Crippen MR) is 82.6 cm³/mol. The zero-order valence-electron chi connectivity index (χ0n) is 12.7. The van der Waals surface area contributed by atoms with Gasteiger partial charge in [-0.15, -0.1) is 0 Å². The van der Waals surface area contributed by atoms with E-state index in [1.165, 1.54) is 12.1 Å². The first-order valence-electron chi connectivity index (χ1n) is 7.64. The number of rotatable bonds is 4. The largest absolute Gasteiger partial charge is 0.486 e. The van der Waals surface area contributed by atoms with Gasteiger partial charge in [-0.25, -0.2) is 4.39 Å². The van der Waals surface area contributed by atoms with Gasteiger partial charge in [0, 0.05) is 19.1 Å². The molecule has 1 amide bonds. The van der Waals surface area contributed by atoms with E-state index in [1.54, 1.807) is 29.2 Å². The quantitative estimate of drug-likeness (QED) is 0.940. The highest BCUT2D eigenvalue weighted by molar-refractivity contribution is 5.91. The zero-order valence-corrected chi connectivity index (χ0v) is 12.7. The summed E-state index contributed by atoms with van der Waals surface area (Å²) in [5.41, 5.74) is 5.84. The second kappa shape index (κ2) is 6.83. The molecule has 0 spiro atoms. The van der Waals surface area contributed by atoms with E-state index in [9.17, 15) is 9.18 Å². The standard InChI is InChI=1S/C17H19FN2O3/c18-12-1-3-14(4-2-12)22-11-15-5-6-16(23-15)17(21)20-9-7-13(19)8-10-20/h1-6,13H,7-11,19H2. The fourth-order valence-electron chi connectivity index (χ4n) is 2.51. The predicted octanol–water partition coefficient (Wildman–Crippen LogP) is 2.56. The number of carbonyl (C=O) groups excluding carboxylic acids is 1. The lowest BCUT2D eigenvalue weighted by Crippen LogP contribution is -2.42. The van der Waals surface area contributed by atoms with Gasteiger partial charge in [-0.2, -0.15) is 0 Å². The molecule has 2 N–H and O–H groups in total. The first-order chi connectivity index (χ1) is 11.1. The van der Waals surface area contributed by atoms with Gasteiger partial charge in [0.05, 0.1) is 0 Å². The number of amides is 1. The number of likely N-dealkylation sites (tertiary alicyclic amines) is 1. The average molecular weight is 318 g/mol. The van der Waals surface area contributed by atoms with E-state index in [0.717, 1.165) is 12.8 Å². The second-order valence-corrected chi connectivity index (χ2v) is 5.64. The summed E-state index contributed by atoms with van der Waals surface area (Å²) in [5, 5.41) is 0. The highest BCUT2D eigenvalue weighted by Gasteiger charge is 2.23. The molecule has 0 saturated carbocycles. The molecule has 2 heterocycles. The number of furan rings is 1. The number of benzene rings is 1. The SMILES string of the molecule is NC1CCN(C(=O)c2ccc(COc3ccc(F)cc3)o2)CC1. The van der Waals surface area contributed by atoms with Gasteiger partial charge < -0.3 is 19.8 Å². The van der Waals surface area contributed by atoms with Crippen LogP contribution in [0.4, 0.5) is 4.39 Å². The highest BCUT2D eigenvalue weighted by Crippen LogP contribution is 2.17. The molecule has 0 atom stereocenters. The Morgan fingerprint density at radius 2 is 1.91 bits per heavy atom. The van der Waals surface area contributed by atoms with Crippen molar-refractivity contribution in [2.75, 3.05) is 13.1 Å². The monoisotopic (exact) mass is 318 g/mol. The van der Waals surface area contributed by atoms with Crippen LogP contribution in [0.15, 0.2) is 40.8 Å². The Morgan fingerprint density at radius 1 is 1.22 bits per heavy atom. The van der Waals surface area contributed by atoms with E-state index in [4.69, 9.17) is 14.9 Å². The van der Waals surface area contributed by atoms with E-state index in [2.05, 4.69) is 0 Å². The van der Waals surface area contributed by atoms with E-state index >= 15 is 0 Å². The molecule has 0 radical (unpaired) electrons. The molecule has 1 aliphatic rings. The fraction of sp³-hybridized carbons (Fsp3) is 0.353.